The molecule has 1 heterocycles. The van der Waals surface area contributed by atoms with E-state index in [1.54, 1.807) is 71.6 Å². The summed E-state index contributed by atoms with van der Waals surface area (Å²) in [5.74, 6) is -0.273. The van der Waals surface area contributed by atoms with Crippen LogP contribution in [0.5, 0.6) is 0 Å². The zero-order valence-electron chi connectivity index (χ0n) is 20.5. The van der Waals surface area contributed by atoms with Crippen molar-refractivity contribution in [1.82, 2.24) is 4.90 Å². The van der Waals surface area contributed by atoms with Gasteiger partial charge in [-0.2, -0.15) is 5.26 Å². The lowest BCUT2D eigenvalue weighted by Gasteiger charge is -2.31. The predicted molar refractivity (Wildman–Crippen MR) is 145 cm³/mol. The fourth-order valence-electron chi connectivity index (χ4n) is 4.05. The Morgan fingerprint density at radius 2 is 1.65 bits per heavy atom. The number of morpholine rings is 1. The van der Waals surface area contributed by atoms with Gasteiger partial charge in [0.25, 0.3) is 5.91 Å². The van der Waals surface area contributed by atoms with Crippen molar-refractivity contribution in [2.24, 2.45) is 0 Å². The van der Waals surface area contributed by atoms with Crippen LogP contribution in [0, 0.1) is 18.3 Å². The van der Waals surface area contributed by atoms with Crippen LogP contribution in [0.3, 0.4) is 0 Å². The van der Waals surface area contributed by atoms with Gasteiger partial charge in [0.05, 0.1) is 24.8 Å². The number of hydrogen-bond donors (Lipinski definition) is 2. The molecule has 0 aliphatic carbocycles. The van der Waals surface area contributed by atoms with E-state index < -0.39 is 0 Å². The zero-order valence-corrected chi connectivity index (χ0v) is 21.3. The van der Waals surface area contributed by atoms with Gasteiger partial charge in [-0.1, -0.05) is 11.6 Å². The zero-order chi connectivity index (χ0) is 26.2. The number of urea groups is 1. The summed E-state index contributed by atoms with van der Waals surface area (Å²) in [6.45, 7) is 6.04. The lowest BCUT2D eigenvalue weighted by Crippen LogP contribution is -2.44. The fourth-order valence-corrected chi connectivity index (χ4v) is 4.18. The molecule has 4 rings (SSSR count). The summed E-state index contributed by atoms with van der Waals surface area (Å²) in [5.41, 5.74) is 3.74. The van der Waals surface area contributed by atoms with E-state index >= 15 is 0 Å². The highest BCUT2D eigenvalue weighted by molar-refractivity contribution is 6.30. The first-order valence-corrected chi connectivity index (χ1v) is 12.4. The minimum Gasteiger partial charge on any atom is -0.379 e. The average molecular weight is 518 g/mol. The molecule has 37 heavy (non-hydrogen) atoms. The maximum Gasteiger partial charge on any atom is 0.326 e. The normalized spacial score (nSPS) is 13.4. The minimum atomic E-state index is -0.273. The van der Waals surface area contributed by atoms with E-state index in [2.05, 4.69) is 21.6 Å². The Bertz CT molecular complexity index is 1280. The quantitative estimate of drug-likeness (QED) is 0.452. The van der Waals surface area contributed by atoms with Crippen molar-refractivity contribution in [2.45, 2.75) is 6.92 Å². The van der Waals surface area contributed by atoms with Crippen molar-refractivity contribution in [1.29, 1.82) is 5.26 Å². The molecule has 3 aromatic rings. The second-order valence-electron chi connectivity index (χ2n) is 8.69. The van der Waals surface area contributed by atoms with Gasteiger partial charge in [-0.15, -0.1) is 0 Å². The van der Waals surface area contributed by atoms with Gasteiger partial charge in [-0.25, -0.2) is 4.79 Å². The predicted octanol–water partition coefficient (Wildman–Crippen LogP) is 5.14. The number of aryl methyl sites for hydroxylation is 1. The first-order chi connectivity index (χ1) is 17.9. The number of rotatable bonds is 7. The molecule has 0 radical (unpaired) electrons. The summed E-state index contributed by atoms with van der Waals surface area (Å²) in [6.07, 6.45) is 0. The molecule has 9 heteroatoms. The van der Waals surface area contributed by atoms with E-state index in [1.165, 1.54) is 0 Å². The topological polar surface area (TPSA) is 97.7 Å². The monoisotopic (exact) mass is 517 g/mol. The molecule has 0 spiro atoms. The molecule has 3 amide bonds. The standard InChI is InChI=1S/C28H28ClN5O3/c1-20-18-22(27(35)31-24-7-2-21(19-30)3-8-24)4-11-26(20)34(13-12-33-14-16-37-17-15-33)28(36)32-25-9-5-23(29)6-10-25/h2-11,18H,12-17H2,1H3,(H,31,35)(H,32,36). The Labute approximate surface area is 221 Å². The molecule has 0 saturated carbocycles. The summed E-state index contributed by atoms with van der Waals surface area (Å²) >= 11 is 5.98. The van der Waals surface area contributed by atoms with Crippen LogP contribution < -0.4 is 15.5 Å². The number of hydrogen-bond acceptors (Lipinski definition) is 5. The summed E-state index contributed by atoms with van der Waals surface area (Å²) < 4.78 is 5.44. The third-order valence-corrected chi connectivity index (χ3v) is 6.36. The van der Waals surface area contributed by atoms with Gasteiger partial charge in [0.15, 0.2) is 0 Å². The molecule has 2 N–H and O–H groups in total. The highest BCUT2D eigenvalue weighted by Crippen LogP contribution is 2.24. The van der Waals surface area contributed by atoms with E-state index in [0.717, 1.165) is 24.3 Å². The van der Waals surface area contributed by atoms with E-state index in [1.807, 2.05) is 6.92 Å². The van der Waals surface area contributed by atoms with Gasteiger partial charge in [0.2, 0.25) is 0 Å². The summed E-state index contributed by atoms with van der Waals surface area (Å²) in [5, 5.41) is 15.3. The Morgan fingerprint density at radius 1 is 1.00 bits per heavy atom. The SMILES string of the molecule is Cc1cc(C(=O)Nc2ccc(C#N)cc2)ccc1N(CCN1CCOCC1)C(=O)Nc1ccc(Cl)cc1. The fraction of sp³-hybridized carbons (Fsp3) is 0.250. The smallest absolute Gasteiger partial charge is 0.326 e. The van der Waals surface area contributed by atoms with Crippen LogP contribution in [0.2, 0.25) is 5.02 Å². The second-order valence-corrected chi connectivity index (χ2v) is 9.12. The number of nitriles is 1. The first kappa shape index (κ1) is 26.2. The van der Waals surface area contributed by atoms with Crippen molar-refractivity contribution in [3.8, 4) is 6.07 Å². The molecule has 190 valence electrons. The lowest BCUT2D eigenvalue weighted by atomic mass is 10.1. The van der Waals surface area contributed by atoms with E-state index in [-0.39, 0.29) is 11.9 Å². The number of amides is 3. The summed E-state index contributed by atoms with van der Waals surface area (Å²) in [4.78, 5) is 30.2. The van der Waals surface area contributed by atoms with Crippen LogP contribution in [0.4, 0.5) is 21.9 Å². The molecule has 1 aliphatic heterocycles. The Morgan fingerprint density at radius 3 is 2.30 bits per heavy atom. The maximum absolute atomic E-state index is 13.4. The number of ether oxygens (including phenoxy) is 1. The number of carbonyl (C=O) groups excluding carboxylic acids is 2. The first-order valence-electron chi connectivity index (χ1n) is 12.0. The van der Waals surface area contributed by atoms with E-state index in [4.69, 9.17) is 21.6 Å². The minimum absolute atomic E-state index is 0.270. The number of carbonyl (C=O) groups is 2. The highest BCUT2D eigenvalue weighted by atomic mass is 35.5. The Kier molecular flexibility index (Phi) is 8.75. The van der Waals surface area contributed by atoms with Crippen LogP contribution in [0.1, 0.15) is 21.5 Å². The maximum atomic E-state index is 13.4. The van der Waals surface area contributed by atoms with Crippen LogP contribution >= 0.6 is 11.6 Å². The lowest BCUT2D eigenvalue weighted by molar-refractivity contribution is 0.0393. The van der Waals surface area contributed by atoms with Crippen molar-refractivity contribution < 1.29 is 14.3 Å². The third kappa shape index (κ3) is 7.08. The molecule has 1 saturated heterocycles. The number of nitrogens with one attached hydrogen (secondary N) is 2. The molecule has 0 bridgehead atoms. The molecule has 8 nitrogen and oxygen atoms in total. The molecule has 0 aromatic heterocycles. The molecular formula is C28H28ClN5O3. The Balaban J connectivity index is 1.52. The third-order valence-electron chi connectivity index (χ3n) is 6.11. The molecule has 1 fully saturated rings. The molecule has 3 aromatic carbocycles. The van der Waals surface area contributed by atoms with Gasteiger partial charge >= 0.3 is 6.03 Å². The molecule has 0 unspecified atom stereocenters. The second kappa shape index (κ2) is 12.4. The molecule has 0 atom stereocenters. The Hall–Kier alpha value is -3.90. The van der Waals surface area contributed by atoms with Crippen molar-refractivity contribution >= 4 is 40.6 Å². The number of nitrogens with zero attached hydrogens (tertiary/aromatic N) is 3. The van der Waals surface area contributed by atoms with Crippen molar-refractivity contribution in [3.05, 3.63) is 88.4 Å². The number of halogens is 1. The summed E-state index contributed by atoms with van der Waals surface area (Å²) in [7, 11) is 0. The number of anilines is 3. The van der Waals surface area contributed by atoms with Crippen molar-refractivity contribution in [3.63, 3.8) is 0 Å². The van der Waals surface area contributed by atoms with Crippen LogP contribution in [-0.2, 0) is 4.74 Å². The van der Waals surface area contributed by atoms with Gasteiger partial charge in [0.1, 0.15) is 0 Å². The summed E-state index contributed by atoms with van der Waals surface area (Å²) in [6, 6.07) is 20.7. The van der Waals surface area contributed by atoms with Crippen LogP contribution in [0.15, 0.2) is 66.7 Å². The van der Waals surface area contributed by atoms with Gasteiger partial charge < -0.3 is 15.4 Å². The highest BCUT2D eigenvalue weighted by Gasteiger charge is 2.21. The van der Waals surface area contributed by atoms with Crippen molar-refractivity contribution in [2.75, 3.05) is 54.9 Å². The molecule has 1 aliphatic rings. The average Bonchev–Trinajstić information content (AvgIpc) is 2.92. The van der Waals surface area contributed by atoms with E-state index in [9.17, 15) is 9.59 Å². The van der Waals surface area contributed by atoms with Gasteiger partial charge in [-0.05, 0) is 79.2 Å². The largest absolute Gasteiger partial charge is 0.379 e. The number of benzene rings is 3. The van der Waals surface area contributed by atoms with Gasteiger partial charge in [0, 0.05) is 53.8 Å². The van der Waals surface area contributed by atoms with Crippen LogP contribution in [0.25, 0.3) is 0 Å². The van der Waals surface area contributed by atoms with Gasteiger partial charge in [-0.3, -0.25) is 14.6 Å². The van der Waals surface area contributed by atoms with Crippen LogP contribution in [-0.4, -0.2) is 56.2 Å². The van der Waals surface area contributed by atoms with E-state index in [0.29, 0.717) is 53.8 Å². The molecular weight excluding hydrogens is 490 g/mol.